The summed E-state index contributed by atoms with van der Waals surface area (Å²) in [7, 11) is 0. The minimum absolute atomic E-state index is 0.0113. The van der Waals surface area contributed by atoms with Crippen LogP contribution in [0.3, 0.4) is 0 Å². The Balaban J connectivity index is 1.68. The van der Waals surface area contributed by atoms with Crippen LogP contribution < -0.4 is 9.75 Å². The fourth-order valence-corrected chi connectivity index (χ4v) is 4.19. The van der Waals surface area contributed by atoms with Crippen molar-refractivity contribution in [1.29, 1.82) is 5.26 Å². The third-order valence-corrected chi connectivity index (χ3v) is 5.60. The molecule has 5 rings (SSSR count). The molecule has 0 N–H and O–H groups in total. The van der Waals surface area contributed by atoms with Crippen molar-refractivity contribution >= 4 is 11.4 Å². The molecule has 0 aromatic heterocycles. The molecule has 2 heterocycles. The Labute approximate surface area is 168 Å². The first-order valence-corrected chi connectivity index (χ1v) is 9.57. The van der Waals surface area contributed by atoms with Crippen LogP contribution in [0.1, 0.15) is 22.6 Å². The zero-order valence-corrected chi connectivity index (χ0v) is 15.6. The molecule has 5 heteroatoms. The highest BCUT2D eigenvalue weighted by Gasteiger charge is 2.39. The van der Waals surface area contributed by atoms with E-state index in [4.69, 9.17) is 9.84 Å². The lowest BCUT2D eigenvalue weighted by Gasteiger charge is -2.40. The number of ether oxygens (including phenoxy) is 1. The summed E-state index contributed by atoms with van der Waals surface area (Å²) >= 11 is 0. The number of anilines is 1. The molecule has 0 saturated carbocycles. The van der Waals surface area contributed by atoms with E-state index in [-0.39, 0.29) is 17.7 Å². The minimum Gasteiger partial charge on any atom is -0.492 e. The van der Waals surface area contributed by atoms with E-state index in [2.05, 4.69) is 18.2 Å². The van der Waals surface area contributed by atoms with Gasteiger partial charge in [-0.25, -0.2) is 4.39 Å². The average molecular weight is 383 g/mol. The Morgan fingerprint density at radius 3 is 2.62 bits per heavy atom. The lowest BCUT2D eigenvalue weighted by Crippen LogP contribution is -2.44. The molecule has 3 aromatic rings. The van der Waals surface area contributed by atoms with Crippen LogP contribution >= 0.6 is 0 Å². The summed E-state index contributed by atoms with van der Waals surface area (Å²) < 4.78 is 20.0. The molecular formula is C24H18FN3O. The maximum absolute atomic E-state index is 14.0. The molecule has 142 valence electrons. The van der Waals surface area contributed by atoms with Gasteiger partial charge in [-0.1, -0.05) is 42.5 Å². The van der Waals surface area contributed by atoms with E-state index in [0.29, 0.717) is 30.0 Å². The molecule has 0 radical (unpaired) electrons. The first-order valence-electron chi connectivity index (χ1n) is 9.57. The van der Waals surface area contributed by atoms with Gasteiger partial charge in [0, 0.05) is 23.9 Å². The van der Waals surface area contributed by atoms with E-state index in [1.54, 1.807) is 12.1 Å². The smallest absolute Gasteiger partial charge is 0.128 e. The molecule has 3 aromatic carbocycles. The van der Waals surface area contributed by atoms with E-state index >= 15 is 0 Å². The van der Waals surface area contributed by atoms with Gasteiger partial charge in [0.1, 0.15) is 17.6 Å². The van der Waals surface area contributed by atoms with Crippen LogP contribution in [0.15, 0.2) is 77.9 Å². The third-order valence-electron chi connectivity index (χ3n) is 5.60. The zero-order valence-electron chi connectivity index (χ0n) is 15.6. The largest absolute Gasteiger partial charge is 0.492 e. The fourth-order valence-electron chi connectivity index (χ4n) is 4.19. The molecule has 2 aliphatic heterocycles. The number of para-hydroxylation sites is 1. The molecule has 29 heavy (non-hydrogen) atoms. The average Bonchev–Trinajstić information content (AvgIpc) is 2.78. The van der Waals surface area contributed by atoms with Gasteiger partial charge in [0.2, 0.25) is 0 Å². The van der Waals surface area contributed by atoms with E-state index in [9.17, 15) is 9.65 Å². The van der Waals surface area contributed by atoms with Crippen LogP contribution in [0, 0.1) is 23.1 Å². The zero-order chi connectivity index (χ0) is 19.8. The SMILES string of the molecule is N#Cc1ccccc1N1CC(c2ccccc2)C2COc3ccc(F)cc3C2=N1. The molecule has 2 unspecified atom stereocenters. The van der Waals surface area contributed by atoms with Crippen LogP contribution in [-0.2, 0) is 0 Å². The Kier molecular flexibility index (Phi) is 4.25. The number of benzene rings is 3. The van der Waals surface area contributed by atoms with Crippen LogP contribution in [0.25, 0.3) is 0 Å². The predicted molar refractivity (Wildman–Crippen MR) is 110 cm³/mol. The number of hydrogen-bond donors (Lipinski definition) is 0. The molecule has 0 fully saturated rings. The molecular weight excluding hydrogens is 365 g/mol. The Morgan fingerprint density at radius 1 is 1.00 bits per heavy atom. The van der Waals surface area contributed by atoms with Crippen molar-refractivity contribution in [3.63, 3.8) is 0 Å². The van der Waals surface area contributed by atoms with Crippen molar-refractivity contribution in [2.75, 3.05) is 18.2 Å². The fraction of sp³-hybridized carbons (Fsp3) is 0.167. The van der Waals surface area contributed by atoms with Crippen molar-refractivity contribution < 1.29 is 9.13 Å². The highest BCUT2D eigenvalue weighted by atomic mass is 19.1. The maximum Gasteiger partial charge on any atom is 0.128 e. The summed E-state index contributed by atoms with van der Waals surface area (Å²) in [4.78, 5) is 0. The summed E-state index contributed by atoms with van der Waals surface area (Å²) in [6, 6.07) is 24.5. The van der Waals surface area contributed by atoms with E-state index < -0.39 is 0 Å². The van der Waals surface area contributed by atoms with E-state index in [0.717, 1.165) is 11.4 Å². The van der Waals surface area contributed by atoms with Gasteiger partial charge < -0.3 is 4.74 Å². The molecule has 0 amide bonds. The highest BCUT2D eigenvalue weighted by Crippen LogP contribution is 2.40. The van der Waals surface area contributed by atoms with Gasteiger partial charge in [0.15, 0.2) is 0 Å². The van der Waals surface area contributed by atoms with Gasteiger partial charge >= 0.3 is 0 Å². The van der Waals surface area contributed by atoms with Crippen LogP contribution in [0.5, 0.6) is 5.75 Å². The Bertz CT molecular complexity index is 1140. The van der Waals surface area contributed by atoms with E-state index in [1.165, 1.54) is 17.7 Å². The van der Waals surface area contributed by atoms with Crippen LogP contribution in [0.2, 0.25) is 0 Å². The molecule has 2 aliphatic rings. The number of hydrazone groups is 1. The second-order valence-electron chi connectivity index (χ2n) is 7.27. The summed E-state index contributed by atoms with van der Waals surface area (Å²) in [5.74, 6) is 0.439. The molecule has 4 nitrogen and oxygen atoms in total. The number of halogens is 1. The first-order chi connectivity index (χ1) is 14.2. The molecule has 2 atom stereocenters. The standard InChI is InChI=1S/C24H18FN3O/c25-18-10-11-23-19(12-18)24-21(15-29-23)20(16-6-2-1-3-7-16)14-28(27-24)22-9-5-4-8-17(22)13-26/h1-12,20-21H,14-15H2. The molecule has 0 spiro atoms. The second-order valence-corrected chi connectivity index (χ2v) is 7.27. The van der Waals surface area contributed by atoms with Crippen molar-refractivity contribution in [3.05, 3.63) is 95.3 Å². The lowest BCUT2D eigenvalue weighted by atomic mass is 9.78. The van der Waals surface area contributed by atoms with Crippen LogP contribution in [-0.4, -0.2) is 18.9 Å². The third kappa shape index (κ3) is 3.03. The van der Waals surface area contributed by atoms with Crippen molar-refractivity contribution in [1.82, 2.24) is 0 Å². The van der Waals surface area contributed by atoms with Crippen LogP contribution in [0.4, 0.5) is 10.1 Å². The van der Waals surface area contributed by atoms with Gasteiger partial charge in [0.25, 0.3) is 0 Å². The number of nitrogens with zero attached hydrogens (tertiary/aromatic N) is 3. The normalized spacial score (nSPS) is 20.0. The molecule has 0 bridgehead atoms. The maximum atomic E-state index is 14.0. The Morgan fingerprint density at radius 2 is 1.79 bits per heavy atom. The van der Waals surface area contributed by atoms with Gasteiger partial charge in [-0.2, -0.15) is 10.4 Å². The summed E-state index contributed by atoms with van der Waals surface area (Å²) in [5.41, 5.74) is 3.98. The van der Waals surface area contributed by atoms with Gasteiger partial charge in [-0.05, 0) is 35.9 Å². The number of fused-ring (bicyclic) bond motifs is 3. The number of hydrogen-bond acceptors (Lipinski definition) is 4. The highest BCUT2D eigenvalue weighted by molar-refractivity contribution is 6.07. The predicted octanol–water partition coefficient (Wildman–Crippen LogP) is 4.71. The first kappa shape index (κ1) is 17.4. The molecule has 0 saturated heterocycles. The van der Waals surface area contributed by atoms with Gasteiger partial charge in [-0.15, -0.1) is 0 Å². The monoisotopic (exact) mass is 383 g/mol. The minimum atomic E-state index is -0.318. The molecule has 0 aliphatic carbocycles. The van der Waals surface area contributed by atoms with Crippen molar-refractivity contribution in [2.45, 2.75) is 5.92 Å². The van der Waals surface area contributed by atoms with Gasteiger partial charge in [0.05, 0.1) is 23.6 Å². The summed E-state index contributed by atoms with van der Waals surface area (Å²) in [6.45, 7) is 1.11. The van der Waals surface area contributed by atoms with Crippen molar-refractivity contribution in [2.24, 2.45) is 11.0 Å². The number of rotatable bonds is 2. The van der Waals surface area contributed by atoms with E-state index in [1.807, 2.05) is 41.4 Å². The summed E-state index contributed by atoms with van der Waals surface area (Å²) in [5, 5.41) is 16.3. The summed E-state index contributed by atoms with van der Waals surface area (Å²) in [6.07, 6.45) is 0. The topological polar surface area (TPSA) is 48.6 Å². The second kappa shape index (κ2) is 7.06. The lowest BCUT2D eigenvalue weighted by molar-refractivity contribution is 0.249. The van der Waals surface area contributed by atoms with Gasteiger partial charge in [-0.3, -0.25) is 5.01 Å². The Hall–Kier alpha value is -3.65. The number of nitriles is 1. The quantitative estimate of drug-likeness (QED) is 0.644. The van der Waals surface area contributed by atoms with Crippen molar-refractivity contribution in [3.8, 4) is 11.8 Å².